The van der Waals surface area contributed by atoms with Gasteiger partial charge in [-0.1, -0.05) is 0 Å². The van der Waals surface area contributed by atoms with Crippen LogP contribution in [0.5, 0.6) is 0 Å². The van der Waals surface area contributed by atoms with E-state index in [1.165, 1.54) is 14.5 Å². The molecule has 0 amide bonds. The molecule has 0 atom stereocenters. The maximum atomic E-state index is 5.65. The minimum absolute atomic E-state index is 0.390. The van der Waals surface area contributed by atoms with E-state index in [4.69, 9.17) is 5.73 Å². The number of aryl methyl sites for hydroxylation is 1. The summed E-state index contributed by atoms with van der Waals surface area (Å²) in [5.74, 6) is 0. The van der Waals surface area contributed by atoms with E-state index in [-0.39, 0.29) is 0 Å². The van der Waals surface area contributed by atoms with Gasteiger partial charge >= 0.3 is 96.3 Å². The molecule has 2 aromatic rings. The van der Waals surface area contributed by atoms with Gasteiger partial charge in [0.2, 0.25) is 0 Å². The Morgan fingerprint density at radius 3 is 1.80 bits per heavy atom. The summed E-state index contributed by atoms with van der Waals surface area (Å²) in [6.45, 7) is 2.11. The zero-order chi connectivity index (χ0) is 10.7. The van der Waals surface area contributed by atoms with Crippen molar-refractivity contribution >= 4 is 29.6 Å². The van der Waals surface area contributed by atoms with E-state index in [0.717, 1.165) is 5.69 Å². The predicted molar refractivity (Wildman–Crippen MR) is 67.1 cm³/mol. The molecule has 0 aliphatic heterocycles. The van der Waals surface area contributed by atoms with Gasteiger partial charge in [-0.25, -0.2) is 0 Å². The van der Waals surface area contributed by atoms with Crippen molar-refractivity contribution in [2.24, 2.45) is 0 Å². The third kappa shape index (κ3) is 2.85. The number of nitrogens with two attached hydrogens (primary N) is 1. The first-order valence-electron chi connectivity index (χ1n) is 4.84. The van der Waals surface area contributed by atoms with E-state index in [1.807, 2.05) is 12.1 Å². The Morgan fingerprint density at radius 1 is 0.800 bits per heavy atom. The summed E-state index contributed by atoms with van der Waals surface area (Å²) < 4.78 is 2.76. The number of rotatable bonds is 2. The van der Waals surface area contributed by atoms with E-state index >= 15 is 0 Å². The van der Waals surface area contributed by atoms with Crippen molar-refractivity contribution in [2.45, 2.75) is 6.92 Å². The summed E-state index contributed by atoms with van der Waals surface area (Å²) in [7, 11) is 0. The second-order valence-electron chi connectivity index (χ2n) is 3.48. The number of hydrogen-bond donors (Lipinski definition) is 1. The molecular formula is C13H13NSe. The average molecular weight is 262 g/mol. The molecule has 0 fully saturated rings. The Morgan fingerprint density at radius 2 is 1.27 bits per heavy atom. The molecule has 76 valence electrons. The summed E-state index contributed by atoms with van der Waals surface area (Å²) in [4.78, 5) is 0. The van der Waals surface area contributed by atoms with Gasteiger partial charge in [0.05, 0.1) is 0 Å². The van der Waals surface area contributed by atoms with E-state index in [9.17, 15) is 0 Å². The zero-order valence-corrected chi connectivity index (χ0v) is 10.3. The fraction of sp³-hybridized carbons (Fsp3) is 0.0769. The van der Waals surface area contributed by atoms with Gasteiger partial charge in [-0.15, -0.1) is 0 Å². The van der Waals surface area contributed by atoms with Crippen LogP contribution in [0.25, 0.3) is 0 Å². The Kier molecular flexibility index (Phi) is 3.10. The fourth-order valence-corrected chi connectivity index (χ4v) is 2.99. The first kappa shape index (κ1) is 10.3. The summed E-state index contributed by atoms with van der Waals surface area (Å²) in [6, 6.07) is 16.9. The number of anilines is 1. The molecule has 0 radical (unpaired) electrons. The molecule has 0 saturated heterocycles. The van der Waals surface area contributed by atoms with Crippen molar-refractivity contribution < 1.29 is 0 Å². The van der Waals surface area contributed by atoms with Crippen LogP contribution in [0.15, 0.2) is 48.5 Å². The van der Waals surface area contributed by atoms with Crippen molar-refractivity contribution in [2.75, 3.05) is 5.73 Å². The van der Waals surface area contributed by atoms with E-state index in [1.54, 1.807) is 0 Å². The van der Waals surface area contributed by atoms with Crippen LogP contribution in [0, 0.1) is 6.92 Å². The molecule has 15 heavy (non-hydrogen) atoms. The van der Waals surface area contributed by atoms with E-state index in [0.29, 0.717) is 15.0 Å². The molecule has 2 aromatic carbocycles. The molecule has 0 saturated carbocycles. The van der Waals surface area contributed by atoms with Crippen molar-refractivity contribution in [3.8, 4) is 0 Å². The van der Waals surface area contributed by atoms with Gasteiger partial charge in [-0.3, -0.25) is 0 Å². The molecule has 0 aromatic heterocycles. The zero-order valence-electron chi connectivity index (χ0n) is 8.60. The fourth-order valence-electron chi connectivity index (χ4n) is 1.28. The van der Waals surface area contributed by atoms with Crippen LogP contribution in [-0.4, -0.2) is 15.0 Å². The van der Waals surface area contributed by atoms with Gasteiger partial charge in [0.1, 0.15) is 0 Å². The summed E-state index contributed by atoms with van der Waals surface area (Å²) in [5, 5.41) is 0. The average Bonchev–Trinajstić information content (AvgIpc) is 2.25. The van der Waals surface area contributed by atoms with Crippen molar-refractivity contribution in [1.29, 1.82) is 0 Å². The molecule has 2 rings (SSSR count). The Balaban J connectivity index is 2.15. The monoisotopic (exact) mass is 263 g/mol. The first-order valence-corrected chi connectivity index (χ1v) is 6.55. The maximum absolute atomic E-state index is 5.65. The van der Waals surface area contributed by atoms with E-state index < -0.39 is 0 Å². The topological polar surface area (TPSA) is 26.0 Å². The molecular weight excluding hydrogens is 249 g/mol. The number of nitrogen functional groups attached to an aromatic ring is 1. The summed E-state index contributed by atoms with van der Waals surface area (Å²) in [5.41, 5.74) is 7.79. The molecule has 0 aliphatic carbocycles. The molecule has 0 bridgehead atoms. The van der Waals surface area contributed by atoms with Crippen LogP contribution in [-0.2, 0) is 0 Å². The third-order valence-electron chi connectivity index (χ3n) is 2.14. The van der Waals surface area contributed by atoms with Gasteiger partial charge in [-0.05, 0) is 0 Å². The Hall–Kier alpha value is -1.24. The van der Waals surface area contributed by atoms with Gasteiger partial charge in [0.15, 0.2) is 0 Å². The van der Waals surface area contributed by atoms with Crippen molar-refractivity contribution in [3.05, 3.63) is 54.1 Å². The Labute approximate surface area is 96.5 Å². The van der Waals surface area contributed by atoms with Gasteiger partial charge in [0.25, 0.3) is 0 Å². The first-order chi connectivity index (χ1) is 7.24. The molecule has 0 heterocycles. The summed E-state index contributed by atoms with van der Waals surface area (Å²) in [6.07, 6.45) is 0. The van der Waals surface area contributed by atoms with Crippen LogP contribution >= 0.6 is 0 Å². The van der Waals surface area contributed by atoms with Gasteiger partial charge < -0.3 is 0 Å². The van der Waals surface area contributed by atoms with Crippen LogP contribution in [0.4, 0.5) is 5.69 Å². The Bertz CT molecular complexity index is 388. The number of hydrogen-bond acceptors (Lipinski definition) is 1. The molecule has 0 aliphatic rings. The molecule has 1 nitrogen and oxygen atoms in total. The van der Waals surface area contributed by atoms with Crippen LogP contribution < -0.4 is 14.7 Å². The second kappa shape index (κ2) is 4.52. The SMILES string of the molecule is Cc1ccc([Se]c2ccc(N)cc2)cc1. The predicted octanol–water partition coefficient (Wildman–Crippen LogP) is 1.23. The van der Waals surface area contributed by atoms with Gasteiger partial charge in [-0.2, -0.15) is 0 Å². The molecule has 2 heteroatoms. The van der Waals surface area contributed by atoms with Crippen LogP contribution in [0.1, 0.15) is 5.56 Å². The minimum atomic E-state index is 0.390. The van der Waals surface area contributed by atoms with Crippen molar-refractivity contribution in [1.82, 2.24) is 0 Å². The second-order valence-corrected chi connectivity index (χ2v) is 5.89. The standard InChI is InChI=1S/C13H13NSe/c1-10-2-6-12(7-3-10)15-13-8-4-11(14)5-9-13/h2-9H,14H2,1H3. The normalized spacial score (nSPS) is 10.2. The van der Waals surface area contributed by atoms with Gasteiger partial charge in [0, 0.05) is 0 Å². The molecule has 2 N–H and O–H groups in total. The van der Waals surface area contributed by atoms with Crippen LogP contribution in [0.2, 0.25) is 0 Å². The third-order valence-corrected chi connectivity index (χ3v) is 4.27. The quantitative estimate of drug-likeness (QED) is 0.639. The van der Waals surface area contributed by atoms with E-state index in [2.05, 4.69) is 43.3 Å². The number of benzene rings is 2. The molecule has 0 spiro atoms. The van der Waals surface area contributed by atoms with Crippen molar-refractivity contribution in [3.63, 3.8) is 0 Å². The molecule has 0 unspecified atom stereocenters. The summed E-state index contributed by atoms with van der Waals surface area (Å²) >= 11 is 0.390. The van der Waals surface area contributed by atoms with Crippen LogP contribution in [0.3, 0.4) is 0 Å².